The van der Waals surface area contributed by atoms with Gasteiger partial charge in [-0.2, -0.15) is 5.10 Å². The van der Waals surface area contributed by atoms with Crippen molar-refractivity contribution in [2.75, 3.05) is 18.7 Å². The van der Waals surface area contributed by atoms with Crippen LogP contribution in [0.25, 0.3) is 10.9 Å². The lowest BCUT2D eigenvalue weighted by atomic mass is 10.2. The molecule has 0 bridgehead atoms. The summed E-state index contributed by atoms with van der Waals surface area (Å²) in [4.78, 5) is 11.9. The molecule has 24 heavy (non-hydrogen) atoms. The maximum Gasteiger partial charge on any atom is 0.321 e. The van der Waals surface area contributed by atoms with Crippen molar-refractivity contribution < 1.29 is 14.3 Å². The Bertz CT molecular complexity index is 814. The number of carbonyl (C=O) groups is 1. The number of benzene rings is 2. The van der Waals surface area contributed by atoms with Gasteiger partial charge in [-0.1, -0.05) is 0 Å². The standard InChI is InChI=1S/C17H18N4O3/c1-2-23-14-5-7-15(8-6-14)24-11-18-17(22)20-13-4-3-12-10-19-21-16(12)9-13/h3-10H,2,11H2,1H3,(H,19,21)(H2,18,20,22). The van der Waals surface area contributed by atoms with Gasteiger partial charge in [0.1, 0.15) is 11.5 Å². The van der Waals surface area contributed by atoms with Crippen molar-refractivity contribution in [2.24, 2.45) is 0 Å². The summed E-state index contributed by atoms with van der Waals surface area (Å²) in [6.45, 7) is 2.61. The van der Waals surface area contributed by atoms with E-state index in [1.165, 1.54) is 0 Å². The minimum Gasteiger partial charge on any atom is -0.494 e. The molecule has 1 aromatic heterocycles. The van der Waals surface area contributed by atoms with Gasteiger partial charge in [0, 0.05) is 11.1 Å². The van der Waals surface area contributed by atoms with Crippen molar-refractivity contribution in [3.05, 3.63) is 48.7 Å². The van der Waals surface area contributed by atoms with Gasteiger partial charge in [0.2, 0.25) is 0 Å². The van der Waals surface area contributed by atoms with Gasteiger partial charge in [-0.25, -0.2) is 4.79 Å². The Kier molecular flexibility index (Phi) is 4.81. The van der Waals surface area contributed by atoms with Crippen LogP contribution in [0.3, 0.4) is 0 Å². The maximum absolute atomic E-state index is 11.9. The fourth-order valence-electron chi connectivity index (χ4n) is 2.17. The smallest absolute Gasteiger partial charge is 0.321 e. The molecule has 1 heterocycles. The first-order chi connectivity index (χ1) is 11.7. The first-order valence-corrected chi connectivity index (χ1v) is 7.58. The molecule has 0 aliphatic heterocycles. The van der Waals surface area contributed by atoms with Crippen molar-refractivity contribution in [3.63, 3.8) is 0 Å². The van der Waals surface area contributed by atoms with Gasteiger partial charge in [-0.05, 0) is 49.4 Å². The molecule has 2 amide bonds. The Balaban J connectivity index is 1.46. The molecule has 3 rings (SSSR count). The fourth-order valence-corrected chi connectivity index (χ4v) is 2.17. The molecule has 7 nitrogen and oxygen atoms in total. The summed E-state index contributed by atoms with van der Waals surface area (Å²) < 4.78 is 10.8. The second kappa shape index (κ2) is 7.36. The highest BCUT2D eigenvalue weighted by Gasteiger charge is 2.03. The SMILES string of the molecule is CCOc1ccc(OCNC(=O)Nc2ccc3cn[nH]c3c2)cc1. The first-order valence-electron chi connectivity index (χ1n) is 7.58. The van der Waals surface area contributed by atoms with E-state index >= 15 is 0 Å². The van der Waals surface area contributed by atoms with Gasteiger partial charge in [0.15, 0.2) is 6.73 Å². The number of ether oxygens (including phenoxy) is 2. The molecular formula is C17H18N4O3. The molecule has 0 aliphatic rings. The molecule has 3 aromatic rings. The van der Waals surface area contributed by atoms with Crippen molar-refractivity contribution >= 4 is 22.6 Å². The molecule has 0 saturated heterocycles. The second-order valence-corrected chi connectivity index (χ2v) is 5.00. The summed E-state index contributed by atoms with van der Waals surface area (Å²) in [7, 11) is 0. The predicted molar refractivity (Wildman–Crippen MR) is 91.4 cm³/mol. The number of nitrogens with one attached hydrogen (secondary N) is 3. The Morgan fingerprint density at radius 1 is 1.12 bits per heavy atom. The zero-order chi connectivity index (χ0) is 16.8. The minimum absolute atomic E-state index is 0.0616. The highest BCUT2D eigenvalue weighted by Crippen LogP contribution is 2.18. The zero-order valence-electron chi connectivity index (χ0n) is 13.2. The molecule has 0 atom stereocenters. The molecule has 2 aromatic carbocycles. The minimum atomic E-state index is -0.347. The topological polar surface area (TPSA) is 88.3 Å². The van der Waals surface area contributed by atoms with Crippen LogP contribution < -0.4 is 20.1 Å². The Labute approximate surface area is 139 Å². The Morgan fingerprint density at radius 2 is 1.88 bits per heavy atom. The third-order valence-corrected chi connectivity index (χ3v) is 3.31. The van der Waals surface area contributed by atoms with E-state index in [0.717, 1.165) is 16.7 Å². The number of nitrogens with zero attached hydrogens (tertiary/aromatic N) is 1. The summed E-state index contributed by atoms with van der Waals surface area (Å²) in [6.07, 6.45) is 1.73. The van der Waals surface area contributed by atoms with Gasteiger partial charge in [0.25, 0.3) is 0 Å². The van der Waals surface area contributed by atoms with Crippen molar-refractivity contribution in [1.29, 1.82) is 0 Å². The number of urea groups is 1. The number of carbonyl (C=O) groups excluding carboxylic acids is 1. The van der Waals surface area contributed by atoms with Crippen LogP contribution in [0.2, 0.25) is 0 Å². The quantitative estimate of drug-likeness (QED) is 0.607. The summed E-state index contributed by atoms with van der Waals surface area (Å²) in [5.74, 6) is 1.43. The molecule has 0 saturated carbocycles. The summed E-state index contributed by atoms with van der Waals surface area (Å²) >= 11 is 0. The van der Waals surface area contributed by atoms with Gasteiger partial charge in [-0.3, -0.25) is 5.10 Å². The van der Waals surface area contributed by atoms with E-state index in [4.69, 9.17) is 9.47 Å². The zero-order valence-corrected chi connectivity index (χ0v) is 13.2. The van der Waals surface area contributed by atoms with E-state index in [1.54, 1.807) is 18.3 Å². The maximum atomic E-state index is 11.9. The first kappa shape index (κ1) is 15.7. The number of aromatic nitrogens is 2. The van der Waals surface area contributed by atoms with E-state index in [9.17, 15) is 4.79 Å². The van der Waals surface area contributed by atoms with Gasteiger partial charge in [0.05, 0.1) is 18.3 Å². The van der Waals surface area contributed by atoms with Crippen molar-refractivity contribution in [2.45, 2.75) is 6.92 Å². The van der Waals surface area contributed by atoms with Crippen LogP contribution in [0, 0.1) is 0 Å². The van der Waals surface area contributed by atoms with E-state index in [0.29, 0.717) is 18.0 Å². The Hall–Kier alpha value is -3.22. The predicted octanol–water partition coefficient (Wildman–Crippen LogP) is 3.12. The highest BCUT2D eigenvalue weighted by molar-refractivity contribution is 5.92. The van der Waals surface area contributed by atoms with Gasteiger partial charge < -0.3 is 20.1 Å². The third kappa shape index (κ3) is 3.95. The van der Waals surface area contributed by atoms with Crippen LogP contribution >= 0.6 is 0 Å². The lowest BCUT2D eigenvalue weighted by Gasteiger charge is -2.10. The van der Waals surface area contributed by atoms with Gasteiger partial charge in [-0.15, -0.1) is 0 Å². The normalized spacial score (nSPS) is 10.4. The number of H-pyrrole nitrogens is 1. The van der Waals surface area contributed by atoms with E-state index in [1.807, 2.05) is 37.3 Å². The van der Waals surface area contributed by atoms with Crippen LogP contribution in [-0.4, -0.2) is 29.6 Å². The molecule has 0 unspecified atom stereocenters. The average Bonchev–Trinajstić information content (AvgIpc) is 3.04. The van der Waals surface area contributed by atoms with Crippen LogP contribution in [-0.2, 0) is 0 Å². The van der Waals surface area contributed by atoms with E-state index in [2.05, 4.69) is 20.8 Å². The number of anilines is 1. The molecular weight excluding hydrogens is 308 g/mol. The Morgan fingerprint density at radius 3 is 2.62 bits per heavy atom. The van der Waals surface area contributed by atoms with Crippen LogP contribution in [0.5, 0.6) is 11.5 Å². The third-order valence-electron chi connectivity index (χ3n) is 3.31. The summed E-state index contributed by atoms with van der Waals surface area (Å²) in [5, 5.41) is 13.2. The molecule has 124 valence electrons. The monoisotopic (exact) mass is 326 g/mol. The summed E-state index contributed by atoms with van der Waals surface area (Å²) in [5.41, 5.74) is 1.53. The number of fused-ring (bicyclic) bond motifs is 1. The number of aromatic amines is 1. The van der Waals surface area contributed by atoms with Gasteiger partial charge >= 0.3 is 6.03 Å². The summed E-state index contributed by atoms with van der Waals surface area (Å²) in [6, 6.07) is 12.4. The number of hydrogen-bond acceptors (Lipinski definition) is 4. The molecule has 0 radical (unpaired) electrons. The largest absolute Gasteiger partial charge is 0.494 e. The lowest BCUT2D eigenvalue weighted by Crippen LogP contribution is -2.31. The van der Waals surface area contributed by atoms with Crippen LogP contribution in [0.4, 0.5) is 10.5 Å². The van der Waals surface area contributed by atoms with Crippen LogP contribution in [0.15, 0.2) is 48.7 Å². The number of amides is 2. The number of rotatable bonds is 6. The second-order valence-electron chi connectivity index (χ2n) is 5.00. The van der Waals surface area contributed by atoms with Crippen molar-refractivity contribution in [3.8, 4) is 11.5 Å². The van der Waals surface area contributed by atoms with E-state index < -0.39 is 0 Å². The molecule has 7 heteroatoms. The molecule has 0 fully saturated rings. The van der Waals surface area contributed by atoms with Crippen molar-refractivity contribution in [1.82, 2.24) is 15.5 Å². The fraction of sp³-hybridized carbons (Fsp3) is 0.176. The molecule has 3 N–H and O–H groups in total. The van der Waals surface area contributed by atoms with Crippen LogP contribution in [0.1, 0.15) is 6.92 Å². The molecule has 0 aliphatic carbocycles. The number of hydrogen-bond donors (Lipinski definition) is 3. The lowest BCUT2D eigenvalue weighted by molar-refractivity contribution is 0.234. The highest BCUT2D eigenvalue weighted by atomic mass is 16.5. The molecule has 0 spiro atoms. The average molecular weight is 326 g/mol. The van der Waals surface area contributed by atoms with E-state index in [-0.39, 0.29) is 12.8 Å².